The fourth-order valence-corrected chi connectivity index (χ4v) is 2.23. The van der Waals surface area contributed by atoms with Crippen molar-refractivity contribution in [2.45, 2.75) is 0 Å². The molecule has 1 heterocycles. The summed E-state index contributed by atoms with van der Waals surface area (Å²) in [6.07, 6.45) is 0. The first-order valence-electron chi connectivity index (χ1n) is 5.12. The van der Waals surface area contributed by atoms with E-state index in [9.17, 15) is 0 Å². The van der Waals surface area contributed by atoms with E-state index in [1.807, 2.05) is 18.2 Å². The van der Waals surface area contributed by atoms with Crippen molar-refractivity contribution < 1.29 is 4.74 Å². The molecule has 2 rings (SSSR count). The Balaban J connectivity index is 2.25. The van der Waals surface area contributed by atoms with E-state index in [-0.39, 0.29) is 0 Å². The topological polar surface area (TPSA) is 60.2 Å². The van der Waals surface area contributed by atoms with Crippen LogP contribution in [0.2, 0.25) is 5.15 Å². The maximum absolute atomic E-state index is 5.83. The number of nitrogens with one attached hydrogen (secondary N) is 1. The molecule has 0 bridgehead atoms. The fourth-order valence-electron chi connectivity index (χ4n) is 1.47. The number of aromatic nitrogens is 1. The molecular weight excluding hydrogens is 318 g/mol. The molecule has 0 amide bonds. The molecule has 6 heteroatoms. The highest BCUT2D eigenvalue weighted by Gasteiger charge is 2.03. The Bertz CT molecular complexity index is 557. The third-order valence-electron chi connectivity index (χ3n) is 2.24. The monoisotopic (exact) mass is 327 g/mol. The van der Waals surface area contributed by atoms with Crippen LogP contribution in [0.15, 0.2) is 34.8 Å². The number of methoxy groups -OCH3 is 1. The number of nitrogens with two attached hydrogens (primary N) is 1. The number of halogens is 2. The van der Waals surface area contributed by atoms with Crippen molar-refractivity contribution in [2.75, 3.05) is 18.2 Å². The summed E-state index contributed by atoms with van der Waals surface area (Å²) in [4.78, 5) is 4.13. The van der Waals surface area contributed by atoms with Gasteiger partial charge in [0.15, 0.2) is 0 Å². The van der Waals surface area contributed by atoms with Crippen LogP contribution in [0.25, 0.3) is 0 Å². The van der Waals surface area contributed by atoms with E-state index in [1.54, 1.807) is 19.2 Å². The van der Waals surface area contributed by atoms with E-state index in [4.69, 9.17) is 22.1 Å². The third kappa shape index (κ3) is 3.05. The Morgan fingerprint density at radius 3 is 2.72 bits per heavy atom. The van der Waals surface area contributed by atoms with Crippen LogP contribution < -0.4 is 15.8 Å². The number of hydrogen-bond acceptors (Lipinski definition) is 4. The van der Waals surface area contributed by atoms with Crippen LogP contribution in [0.4, 0.5) is 17.2 Å². The van der Waals surface area contributed by atoms with Gasteiger partial charge in [-0.2, -0.15) is 0 Å². The lowest BCUT2D eigenvalue weighted by Gasteiger charge is -2.09. The van der Waals surface area contributed by atoms with Gasteiger partial charge in [0, 0.05) is 17.4 Å². The van der Waals surface area contributed by atoms with Gasteiger partial charge < -0.3 is 15.8 Å². The number of ether oxygens (including phenoxy) is 1. The van der Waals surface area contributed by atoms with Crippen molar-refractivity contribution in [1.82, 2.24) is 4.98 Å². The molecule has 0 saturated heterocycles. The fraction of sp³-hybridized carbons (Fsp3) is 0.0833. The summed E-state index contributed by atoms with van der Waals surface area (Å²) in [6.45, 7) is 0. The lowest BCUT2D eigenvalue weighted by Crippen LogP contribution is -1.96. The SMILES string of the molecule is COc1ccc(Nc2cc(N)cc(Cl)n2)cc1Br. The molecule has 0 atom stereocenters. The van der Waals surface area contributed by atoms with E-state index < -0.39 is 0 Å². The zero-order valence-electron chi connectivity index (χ0n) is 9.58. The predicted molar refractivity (Wildman–Crippen MR) is 77.6 cm³/mol. The van der Waals surface area contributed by atoms with Crippen LogP contribution >= 0.6 is 27.5 Å². The van der Waals surface area contributed by atoms with E-state index in [0.717, 1.165) is 15.9 Å². The van der Waals surface area contributed by atoms with Crippen molar-refractivity contribution in [1.29, 1.82) is 0 Å². The largest absolute Gasteiger partial charge is 0.496 e. The van der Waals surface area contributed by atoms with Crippen molar-refractivity contribution in [3.05, 3.63) is 40.0 Å². The summed E-state index contributed by atoms with van der Waals surface area (Å²) < 4.78 is 6.01. The summed E-state index contributed by atoms with van der Waals surface area (Å²) >= 11 is 9.25. The number of nitrogen functional groups attached to an aromatic ring is 1. The van der Waals surface area contributed by atoms with E-state index in [2.05, 4.69) is 26.2 Å². The second kappa shape index (κ2) is 5.46. The molecule has 0 saturated carbocycles. The Morgan fingerprint density at radius 2 is 2.11 bits per heavy atom. The van der Waals surface area contributed by atoms with Gasteiger partial charge in [0.25, 0.3) is 0 Å². The summed E-state index contributed by atoms with van der Waals surface area (Å²) in [5.41, 5.74) is 7.11. The highest BCUT2D eigenvalue weighted by Crippen LogP contribution is 2.29. The van der Waals surface area contributed by atoms with Crippen LogP contribution in [0.1, 0.15) is 0 Å². The van der Waals surface area contributed by atoms with E-state index in [0.29, 0.717) is 16.7 Å². The number of anilines is 3. The smallest absolute Gasteiger partial charge is 0.134 e. The Labute approximate surface area is 118 Å². The minimum atomic E-state index is 0.352. The Kier molecular flexibility index (Phi) is 3.93. The molecule has 1 aromatic heterocycles. The Hall–Kier alpha value is -1.46. The summed E-state index contributed by atoms with van der Waals surface area (Å²) in [5, 5.41) is 3.47. The summed E-state index contributed by atoms with van der Waals surface area (Å²) in [6, 6.07) is 8.92. The second-order valence-corrected chi connectivity index (χ2v) is 4.82. The van der Waals surface area contributed by atoms with Crippen molar-refractivity contribution in [2.24, 2.45) is 0 Å². The molecule has 4 nitrogen and oxygen atoms in total. The maximum Gasteiger partial charge on any atom is 0.134 e. The lowest BCUT2D eigenvalue weighted by molar-refractivity contribution is 0.412. The van der Waals surface area contributed by atoms with Gasteiger partial charge in [-0.3, -0.25) is 0 Å². The first-order valence-corrected chi connectivity index (χ1v) is 6.29. The second-order valence-electron chi connectivity index (χ2n) is 3.58. The minimum absolute atomic E-state index is 0.352. The van der Waals surface area contributed by atoms with Gasteiger partial charge in [-0.25, -0.2) is 4.98 Å². The van der Waals surface area contributed by atoms with Crippen LogP contribution in [-0.2, 0) is 0 Å². The van der Waals surface area contributed by atoms with Crippen molar-refractivity contribution >= 4 is 44.7 Å². The van der Waals surface area contributed by atoms with Crippen LogP contribution in [0.5, 0.6) is 5.75 Å². The molecule has 18 heavy (non-hydrogen) atoms. The van der Waals surface area contributed by atoms with E-state index in [1.165, 1.54) is 0 Å². The molecule has 1 aromatic carbocycles. The van der Waals surface area contributed by atoms with Gasteiger partial charge >= 0.3 is 0 Å². The number of rotatable bonds is 3. The first kappa shape index (κ1) is 13.0. The van der Waals surface area contributed by atoms with Crippen LogP contribution in [-0.4, -0.2) is 12.1 Å². The molecule has 2 aromatic rings. The molecule has 3 N–H and O–H groups in total. The first-order chi connectivity index (χ1) is 8.58. The summed E-state index contributed by atoms with van der Waals surface area (Å²) in [7, 11) is 1.62. The van der Waals surface area contributed by atoms with E-state index >= 15 is 0 Å². The zero-order chi connectivity index (χ0) is 13.1. The molecule has 0 fully saturated rings. The maximum atomic E-state index is 5.83. The van der Waals surface area contributed by atoms with Gasteiger partial charge in [0.05, 0.1) is 11.6 Å². The van der Waals surface area contributed by atoms with Crippen molar-refractivity contribution in [3.63, 3.8) is 0 Å². The molecule has 0 aliphatic carbocycles. The molecule has 0 unspecified atom stereocenters. The molecule has 0 radical (unpaired) electrons. The average molecular weight is 329 g/mol. The van der Waals surface area contributed by atoms with Gasteiger partial charge in [0.1, 0.15) is 16.7 Å². The van der Waals surface area contributed by atoms with Gasteiger partial charge in [0.2, 0.25) is 0 Å². The van der Waals surface area contributed by atoms with Crippen LogP contribution in [0.3, 0.4) is 0 Å². The van der Waals surface area contributed by atoms with Crippen LogP contribution in [0, 0.1) is 0 Å². The Morgan fingerprint density at radius 1 is 1.33 bits per heavy atom. The minimum Gasteiger partial charge on any atom is -0.496 e. The molecule has 0 aliphatic heterocycles. The normalized spacial score (nSPS) is 10.2. The zero-order valence-corrected chi connectivity index (χ0v) is 11.9. The average Bonchev–Trinajstić information content (AvgIpc) is 2.27. The standard InChI is InChI=1S/C12H11BrClN3O/c1-18-10-3-2-8(6-9(10)13)16-12-5-7(15)4-11(14)17-12/h2-6H,1H3,(H3,15,16,17). The number of pyridine rings is 1. The molecule has 94 valence electrons. The molecule has 0 spiro atoms. The highest BCUT2D eigenvalue weighted by molar-refractivity contribution is 9.10. The molecule has 0 aliphatic rings. The lowest BCUT2D eigenvalue weighted by atomic mass is 10.3. The van der Waals surface area contributed by atoms with Crippen molar-refractivity contribution in [3.8, 4) is 5.75 Å². The number of benzene rings is 1. The third-order valence-corrected chi connectivity index (χ3v) is 3.05. The summed E-state index contributed by atoms with van der Waals surface area (Å²) in [5.74, 6) is 1.36. The molecular formula is C12H11BrClN3O. The quantitative estimate of drug-likeness (QED) is 0.841. The predicted octanol–water partition coefficient (Wildman–Crippen LogP) is 3.83. The van der Waals surface area contributed by atoms with Gasteiger partial charge in [-0.15, -0.1) is 0 Å². The highest BCUT2D eigenvalue weighted by atomic mass is 79.9. The number of nitrogens with zero attached hydrogens (tertiary/aromatic N) is 1. The van der Waals surface area contributed by atoms with Gasteiger partial charge in [-0.05, 0) is 40.2 Å². The van der Waals surface area contributed by atoms with Gasteiger partial charge in [-0.1, -0.05) is 11.6 Å². The number of hydrogen-bond donors (Lipinski definition) is 2.